The Bertz CT molecular complexity index is 698. The van der Waals surface area contributed by atoms with Gasteiger partial charge in [-0.05, 0) is 13.8 Å². The topological polar surface area (TPSA) is 56.7 Å². The lowest BCUT2D eigenvalue weighted by Gasteiger charge is -2.36. The molecule has 1 aliphatic rings. The van der Waals surface area contributed by atoms with Gasteiger partial charge in [0.2, 0.25) is 0 Å². The van der Waals surface area contributed by atoms with E-state index in [0.29, 0.717) is 12.6 Å². The van der Waals surface area contributed by atoms with Gasteiger partial charge in [-0.1, -0.05) is 30.3 Å². The summed E-state index contributed by atoms with van der Waals surface area (Å²) in [5.41, 5.74) is 1.17. The third kappa shape index (κ3) is 4.79. The number of nitrogens with zero attached hydrogens (tertiary/aromatic N) is 3. The average Bonchev–Trinajstić information content (AvgIpc) is 3.00. The molecule has 0 atom stereocenters. The van der Waals surface area contributed by atoms with E-state index in [4.69, 9.17) is 0 Å². The maximum Gasteiger partial charge on any atom is 0.355 e. The van der Waals surface area contributed by atoms with Gasteiger partial charge >= 0.3 is 5.97 Å². The van der Waals surface area contributed by atoms with Crippen LogP contribution in [0.1, 0.15) is 29.2 Å². The molecule has 1 fully saturated rings. The average molecular weight is 382 g/mol. The Morgan fingerprint density at radius 2 is 1.84 bits per heavy atom. The fourth-order valence-electron chi connectivity index (χ4n) is 2.97. The van der Waals surface area contributed by atoms with Crippen LogP contribution in [0.2, 0.25) is 0 Å². The van der Waals surface area contributed by atoms with Crippen LogP contribution >= 0.6 is 23.7 Å². The van der Waals surface area contributed by atoms with Gasteiger partial charge in [0, 0.05) is 44.3 Å². The van der Waals surface area contributed by atoms with Crippen LogP contribution in [-0.4, -0.2) is 58.1 Å². The molecule has 0 radical (unpaired) electrons. The highest BCUT2D eigenvalue weighted by Gasteiger charge is 2.23. The van der Waals surface area contributed by atoms with Gasteiger partial charge in [0.05, 0.1) is 4.88 Å². The van der Waals surface area contributed by atoms with Crippen molar-refractivity contribution in [3.8, 4) is 10.6 Å². The second-order valence-corrected chi connectivity index (χ2v) is 7.45. The molecule has 0 saturated carbocycles. The van der Waals surface area contributed by atoms with Gasteiger partial charge in [0.25, 0.3) is 0 Å². The molecule has 5 nitrogen and oxygen atoms in total. The van der Waals surface area contributed by atoms with Gasteiger partial charge in [-0.3, -0.25) is 9.80 Å². The van der Waals surface area contributed by atoms with Crippen LogP contribution in [0.25, 0.3) is 10.6 Å². The Morgan fingerprint density at radius 3 is 2.40 bits per heavy atom. The molecule has 25 heavy (non-hydrogen) atoms. The molecule has 1 aromatic heterocycles. The maximum absolute atomic E-state index is 11.6. The van der Waals surface area contributed by atoms with E-state index < -0.39 is 5.97 Å². The van der Waals surface area contributed by atoms with Crippen molar-refractivity contribution in [1.29, 1.82) is 0 Å². The van der Waals surface area contributed by atoms with Crippen molar-refractivity contribution in [2.75, 3.05) is 26.2 Å². The number of carbonyl (C=O) groups is 1. The first-order valence-electron chi connectivity index (χ1n) is 8.29. The molecule has 1 N–H and O–H groups in total. The molecule has 0 bridgehead atoms. The van der Waals surface area contributed by atoms with Gasteiger partial charge in [-0.15, -0.1) is 23.7 Å². The zero-order valence-electron chi connectivity index (χ0n) is 14.5. The minimum atomic E-state index is -0.941. The Kier molecular flexibility index (Phi) is 6.95. The van der Waals surface area contributed by atoms with Crippen LogP contribution in [0.3, 0.4) is 0 Å². The van der Waals surface area contributed by atoms with Crippen LogP contribution in [0.5, 0.6) is 0 Å². The van der Waals surface area contributed by atoms with E-state index in [1.165, 1.54) is 11.3 Å². The lowest BCUT2D eigenvalue weighted by Crippen LogP contribution is -2.48. The molecule has 1 saturated heterocycles. The molecule has 1 aromatic carbocycles. The van der Waals surface area contributed by atoms with Gasteiger partial charge < -0.3 is 5.11 Å². The van der Waals surface area contributed by atoms with Crippen molar-refractivity contribution in [1.82, 2.24) is 14.8 Å². The van der Waals surface area contributed by atoms with Crippen molar-refractivity contribution in [2.45, 2.75) is 26.4 Å². The van der Waals surface area contributed by atoms with E-state index in [1.54, 1.807) is 0 Å². The molecule has 0 spiro atoms. The van der Waals surface area contributed by atoms with Crippen LogP contribution in [0.15, 0.2) is 30.3 Å². The summed E-state index contributed by atoms with van der Waals surface area (Å²) in [6.07, 6.45) is 0. The predicted octanol–water partition coefficient (Wildman–Crippen LogP) is 3.46. The molecule has 136 valence electrons. The number of rotatable bonds is 5. The highest BCUT2D eigenvalue weighted by molar-refractivity contribution is 7.15. The minimum Gasteiger partial charge on any atom is -0.476 e. The summed E-state index contributed by atoms with van der Waals surface area (Å²) < 4.78 is 0. The Morgan fingerprint density at radius 1 is 1.20 bits per heavy atom. The van der Waals surface area contributed by atoms with Crippen molar-refractivity contribution in [3.63, 3.8) is 0 Å². The number of hydrogen-bond donors (Lipinski definition) is 1. The Labute approximate surface area is 158 Å². The van der Waals surface area contributed by atoms with E-state index in [2.05, 4.69) is 28.6 Å². The number of aromatic carboxylic acids is 1. The number of carboxylic acids is 1. The summed E-state index contributed by atoms with van der Waals surface area (Å²) in [7, 11) is 0. The molecule has 2 heterocycles. The van der Waals surface area contributed by atoms with E-state index in [1.807, 2.05) is 30.3 Å². The highest BCUT2D eigenvalue weighted by Crippen LogP contribution is 2.29. The molecule has 1 aliphatic heterocycles. The maximum atomic E-state index is 11.6. The molecule has 0 unspecified atom stereocenters. The van der Waals surface area contributed by atoms with Gasteiger partial charge in [0.1, 0.15) is 5.01 Å². The SMILES string of the molecule is CC(C)N1CCN(Cc2sc(-c3ccccc3)nc2C(=O)O)CC1.Cl. The fourth-order valence-corrected chi connectivity index (χ4v) is 4.07. The first-order chi connectivity index (χ1) is 11.5. The van der Waals surface area contributed by atoms with Crippen molar-refractivity contribution < 1.29 is 9.90 Å². The largest absolute Gasteiger partial charge is 0.476 e. The first-order valence-corrected chi connectivity index (χ1v) is 9.11. The van der Waals surface area contributed by atoms with E-state index >= 15 is 0 Å². The lowest BCUT2D eigenvalue weighted by atomic mass is 10.2. The second-order valence-electron chi connectivity index (χ2n) is 6.37. The number of piperazine rings is 1. The van der Waals surface area contributed by atoms with E-state index in [-0.39, 0.29) is 18.1 Å². The Hall–Kier alpha value is -1.47. The summed E-state index contributed by atoms with van der Waals surface area (Å²) in [6.45, 7) is 9.10. The smallest absolute Gasteiger partial charge is 0.355 e. The molecular weight excluding hydrogens is 358 g/mol. The zero-order chi connectivity index (χ0) is 17.1. The summed E-state index contributed by atoms with van der Waals surface area (Å²) in [5.74, 6) is -0.941. The summed E-state index contributed by atoms with van der Waals surface area (Å²) in [6, 6.07) is 10.3. The fraction of sp³-hybridized carbons (Fsp3) is 0.444. The van der Waals surface area contributed by atoms with Gasteiger partial charge in [0.15, 0.2) is 5.69 Å². The summed E-state index contributed by atoms with van der Waals surface area (Å²) in [4.78, 5) is 21.6. The third-order valence-electron chi connectivity index (χ3n) is 4.43. The lowest BCUT2D eigenvalue weighted by molar-refractivity contribution is 0.0686. The van der Waals surface area contributed by atoms with Crippen molar-refractivity contribution in [2.24, 2.45) is 0 Å². The summed E-state index contributed by atoms with van der Waals surface area (Å²) >= 11 is 1.49. The van der Waals surface area contributed by atoms with Crippen LogP contribution in [-0.2, 0) is 6.54 Å². The van der Waals surface area contributed by atoms with Gasteiger partial charge in [-0.2, -0.15) is 0 Å². The number of benzene rings is 1. The second kappa shape index (κ2) is 8.76. The zero-order valence-corrected chi connectivity index (χ0v) is 16.1. The minimum absolute atomic E-state index is 0. The standard InChI is InChI=1S/C18H23N3O2S.ClH/c1-13(2)21-10-8-20(9-11-21)12-15-16(18(22)23)19-17(24-15)14-6-4-3-5-7-14;/h3-7,13H,8-12H2,1-2H3,(H,22,23);1H. The van der Waals surface area contributed by atoms with Crippen LogP contribution in [0, 0.1) is 0 Å². The monoisotopic (exact) mass is 381 g/mol. The number of aromatic nitrogens is 1. The molecule has 2 aromatic rings. The highest BCUT2D eigenvalue weighted by atomic mass is 35.5. The van der Waals surface area contributed by atoms with Crippen LogP contribution < -0.4 is 0 Å². The van der Waals surface area contributed by atoms with E-state index in [0.717, 1.165) is 41.6 Å². The van der Waals surface area contributed by atoms with Crippen molar-refractivity contribution in [3.05, 3.63) is 40.9 Å². The third-order valence-corrected chi connectivity index (χ3v) is 5.51. The number of halogens is 1. The van der Waals surface area contributed by atoms with Gasteiger partial charge in [-0.25, -0.2) is 9.78 Å². The normalized spacial score (nSPS) is 16.0. The predicted molar refractivity (Wildman–Crippen MR) is 104 cm³/mol. The first kappa shape index (κ1) is 19.8. The molecule has 0 aliphatic carbocycles. The Balaban J connectivity index is 0.00000225. The number of hydrogen-bond acceptors (Lipinski definition) is 5. The molecule has 7 heteroatoms. The number of carboxylic acid groups (broad SMARTS) is 1. The van der Waals surface area contributed by atoms with Crippen molar-refractivity contribution >= 4 is 29.7 Å². The van der Waals surface area contributed by atoms with Crippen LogP contribution in [0.4, 0.5) is 0 Å². The molecule has 0 amide bonds. The van der Waals surface area contributed by atoms with E-state index in [9.17, 15) is 9.90 Å². The molecule has 3 rings (SSSR count). The number of thiazole rings is 1. The summed E-state index contributed by atoms with van der Waals surface area (Å²) in [5, 5.41) is 10.3. The quantitative estimate of drug-likeness (QED) is 0.859. The molecular formula is C18H24ClN3O2S.